The first-order valence-corrected chi connectivity index (χ1v) is 4.86. The molecule has 1 unspecified atom stereocenters. The van der Waals surface area contributed by atoms with Crippen LogP contribution in [0.5, 0.6) is 0 Å². The summed E-state index contributed by atoms with van der Waals surface area (Å²) in [5.41, 5.74) is 4.94. The van der Waals surface area contributed by atoms with Gasteiger partial charge in [0, 0.05) is 11.1 Å². The summed E-state index contributed by atoms with van der Waals surface area (Å²) in [5.74, 6) is 0. The second kappa shape index (κ2) is 5.75. The Hall–Kier alpha value is -0.450. The van der Waals surface area contributed by atoms with Crippen molar-refractivity contribution in [3.05, 3.63) is 34.3 Å². The lowest BCUT2D eigenvalue weighted by molar-refractivity contribution is -0.138. The van der Waals surface area contributed by atoms with Gasteiger partial charge in [-0.3, -0.25) is 0 Å². The van der Waals surface area contributed by atoms with Gasteiger partial charge in [0.25, 0.3) is 0 Å². The Bertz CT molecular complexity index is 352. The van der Waals surface area contributed by atoms with Gasteiger partial charge in [-0.2, -0.15) is 13.2 Å². The number of rotatable bonds is 2. The Labute approximate surface area is 103 Å². The molecule has 0 fully saturated rings. The molecule has 92 valence electrons. The van der Waals surface area contributed by atoms with Gasteiger partial charge < -0.3 is 5.73 Å². The van der Waals surface area contributed by atoms with Gasteiger partial charge in [0.1, 0.15) is 0 Å². The summed E-state index contributed by atoms with van der Waals surface area (Å²) in [6, 6.07) is 3.05. The van der Waals surface area contributed by atoms with Crippen LogP contribution in [0, 0.1) is 0 Å². The van der Waals surface area contributed by atoms with Crippen LogP contribution < -0.4 is 5.73 Å². The molecule has 16 heavy (non-hydrogen) atoms. The molecule has 2 N–H and O–H groups in total. The van der Waals surface area contributed by atoms with E-state index in [0.717, 1.165) is 6.07 Å². The van der Waals surface area contributed by atoms with Crippen molar-refractivity contribution in [3.63, 3.8) is 0 Å². The fourth-order valence-electron chi connectivity index (χ4n) is 1.32. The quantitative estimate of drug-likeness (QED) is 0.859. The summed E-state index contributed by atoms with van der Waals surface area (Å²) in [4.78, 5) is 0. The van der Waals surface area contributed by atoms with E-state index < -0.39 is 17.8 Å². The van der Waals surface area contributed by atoms with Gasteiger partial charge in [-0.1, -0.05) is 24.6 Å². The number of nitrogens with two attached hydrogens (primary N) is 1. The van der Waals surface area contributed by atoms with E-state index in [9.17, 15) is 13.2 Å². The molecule has 0 aromatic heterocycles. The van der Waals surface area contributed by atoms with Crippen LogP contribution in [0.4, 0.5) is 13.2 Å². The summed E-state index contributed by atoms with van der Waals surface area (Å²) in [6.45, 7) is 1.74. The van der Waals surface area contributed by atoms with Crippen molar-refractivity contribution in [2.45, 2.75) is 25.6 Å². The largest absolute Gasteiger partial charge is 0.416 e. The van der Waals surface area contributed by atoms with Crippen LogP contribution in [0.1, 0.15) is 30.5 Å². The summed E-state index contributed by atoms with van der Waals surface area (Å²) in [7, 11) is 0. The SMILES string of the molecule is CCC(N)c1ccc(Cl)cc1C(F)(F)F.Cl. The van der Waals surface area contributed by atoms with Crippen LogP contribution in [-0.2, 0) is 6.18 Å². The van der Waals surface area contributed by atoms with E-state index in [1.807, 2.05) is 0 Å². The number of hydrogen-bond acceptors (Lipinski definition) is 1. The molecule has 1 rings (SSSR count). The van der Waals surface area contributed by atoms with Crippen LogP contribution in [0.25, 0.3) is 0 Å². The maximum atomic E-state index is 12.6. The van der Waals surface area contributed by atoms with E-state index in [-0.39, 0.29) is 23.0 Å². The van der Waals surface area contributed by atoms with E-state index in [1.165, 1.54) is 12.1 Å². The van der Waals surface area contributed by atoms with Crippen molar-refractivity contribution in [2.75, 3.05) is 0 Å². The lowest BCUT2D eigenvalue weighted by Gasteiger charge is -2.17. The lowest BCUT2D eigenvalue weighted by atomic mass is 9.99. The second-order valence-electron chi connectivity index (χ2n) is 3.24. The molecule has 0 aliphatic carbocycles. The minimum absolute atomic E-state index is 0. The van der Waals surface area contributed by atoms with E-state index in [0.29, 0.717) is 6.42 Å². The van der Waals surface area contributed by atoms with E-state index >= 15 is 0 Å². The highest BCUT2D eigenvalue weighted by atomic mass is 35.5. The van der Waals surface area contributed by atoms with Gasteiger partial charge in [0.2, 0.25) is 0 Å². The average molecular weight is 274 g/mol. The first-order chi connectivity index (χ1) is 6.86. The maximum Gasteiger partial charge on any atom is 0.416 e. The minimum Gasteiger partial charge on any atom is -0.324 e. The molecule has 0 heterocycles. The normalized spacial score (nSPS) is 13.1. The Morgan fingerprint density at radius 3 is 2.38 bits per heavy atom. The summed E-state index contributed by atoms with van der Waals surface area (Å²) in [6.07, 6.45) is -3.96. The standard InChI is InChI=1S/C10H11ClF3N.ClH/c1-2-9(15)7-4-3-6(11)5-8(7)10(12,13)14;/h3-5,9H,2,15H2,1H3;1H. The summed E-state index contributed by atoms with van der Waals surface area (Å²) in [5, 5.41) is 0.0642. The molecule has 1 atom stereocenters. The molecular weight excluding hydrogens is 262 g/mol. The van der Waals surface area contributed by atoms with Crippen LogP contribution in [0.15, 0.2) is 18.2 Å². The van der Waals surface area contributed by atoms with Gasteiger partial charge in [0.05, 0.1) is 5.56 Å². The highest BCUT2D eigenvalue weighted by Gasteiger charge is 2.34. The third-order valence-electron chi connectivity index (χ3n) is 2.16. The van der Waals surface area contributed by atoms with Crippen molar-refractivity contribution in [1.29, 1.82) is 0 Å². The van der Waals surface area contributed by atoms with E-state index in [4.69, 9.17) is 17.3 Å². The van der Waals surface area contributed by atoms with Crippen LogP contribution in [0.2, 0.25) is 5.02 Å². The monoisotopic (exact) mass is 273 g/mol. The molecule has 6 heteroatoms. The molecule has 0 saturated heterocycles. The third kappa shape index (κ3) is 3.54. The van der Waals surface area contributed by atoms with Crippen molar-refractivity contribution in [2.24, 2.45) is 5.73 Å². The molecule has 1 aromatic carbocycles. The number of hydrogen-bond donors (Lipinski definition) is 1. The zero-order chi connectivity index (χ0) is 11.6. The van der Waals surface area contributed by atoms with Crippen molar-refractivity contribution in [3.8, 4) is 0 Å². The molecule has 0 aliphatic heterocycles. The first kappa shape index (κ1) is 15.5. The highest BCUT2D eigenvalue weighted by molar-refractivity contribution is 6.30. The molecule has 1 nitrogen and oxygen atoms in total. The minimum atomic E-state index is -4.41. The van der Waals surface area contributed by atoms with E-state index in [2.05, 4.69) is 0 Å². The topological polar surface area (TPSA) is 26.0 Å². The van der Waals surface area contributed by atoms with Gasteiger partial charge in [-0.15, -0.1) is 12.4 Å². The molecule has 0 spiro atoms. The lowest BCUT2D eigenvalue weighted by Crippen LogP contribution is -2.16. The van der Waals surface area contributed by atoms with Crippen LogP contribution in [-0.4, -0.2) is 0 Å². The van der Waals surface area contributed by atoms with E-state index in [1.54, 1.807) is 6.92 Å². The third-order valence-corrected chi connectivity index (χ3v) is 2.40. The molecule has 0 amide bonds. The van der Waals surface area contributed by atoms with Gasteiger partial charge in [0.15, 0.2) is 0 Å². The molecule has 0 bridgehead atoms. The molecule has 1 aromatic rings. The zero-order valence-corrected chi connectivity index (χ0v) is 10.1. The number of benzene rings is 1. The smallest absolute Gasteiger partial charge is 0.324 e. The molecule has 0 saturated carbocycles. The average Bonchev–Trinajstić information content (AvgIpc) is 2.15. The molecule has 0 radical (unpaired) electrons. The van der Waals surface area contributed by atoms with Crippen molar-refractivity contribution >= 4 is 24.0 Å². The van der Waals surface area contributed by atoms with Gasteiger partial charge in [-0.25, -0.2) is 0 Å². The molecule has 0 aliphatic rings. The predicted molar refractivity (Wildman–Crippen MR) is 60.9 cm³/mol. The van der Waals surface area contributed by atoms with Crippen molar-refractivity contribution < 1.29 is 13.2 Å². The van der Waals surface area contributed by atoms with Gasteiger partial charge in [-0.05, 0) is 24.1 Å². The fraction of sp³-hybridized carbons (Fsp3) is 0.400. The maximum absolute atomic E-state index is 12.6. The Kier molecular flexibility index (Phi) is 5.59. The first-order valence-electron chi connectivity index (χ1n) is 4.48. The van der Waals surface area contributed by atoms with Crippen LogP contribution >= 0.6 is 24.0 Å². The van der Waals surface area contributed by atoms with Crippen LogP contribution in [0.3, 0.4) is 0 Å². The molecular formula is C10H12Cl2F3N. The van der Waals surface area contributed by atoms with Crippen molar-refractivity contribution in [1.82, 2.24) is 0 Å². The number of alkyl halides is 3. The summed E-state index contributed by atoms with van der Waals surface area (Å²) >= 11 is 5.53. The highest BCUT2D eigenvalue weighted by Crippen LogP contribution is 2.36. The second-order valence-corrected chi connectivity index (χ2v) is 3.68. The van der Waals surface area contributed by atoms with Gasteiger partial charge >= 0.3 is 6.18 Å². The Balaban J connectivity index is 0.00000225. The fourth-order valence-corrected chi connectivity index (χ4v) is 1.49. The Morgan fingerprint density at radius 2 is 1.94 bits per heavy atom. The predicted octanol–water partition coefficient (Wildman–Crippen LogP) is 4.19. The number of halogens is 5. The summed E-state index contributed by atoms with van der Waals surface area (Å²) < 4.78 is 37.8. The Morgan fingerprint density at radius 1 is 1.38 bits per heavy atom. The zero-order valence-electron chi connectivity index (χ0n) is 8.51.